The van der Waals surface area contributed by atoms with Crippen LogP contribution in [0.25, 0.3) is 0 Å². The molecule has 1 atom stereocenters. The second kappa shape index (κ2) is 7.93. The molecule has 1 rings (SSSR count). The molecule has 18 heavy (non-hydrogen) atoms. The molecule has 0 heterocycles. The molecule has 0 aromatic heterocycles. The van der Waals surface area contributed by atoms with E-state index >= 15 is 0 Å². The Kier molecular flexibility index (Phi) is 6.50. The van der Waals surface area contributed by atoms with Crippen molar-refractivity contribution < 1.29 is 13.9 Å². The third-order valence-corrected chi connectivity index (χ3v) is 2.82. The molecule has 0 aliphatic rings. The van der Waals surface area contributed by atoms with Gasteiger partial charge in [-0.25, -0.2) is 0 Å². The number of methoxy groups -OCH3 is 1. The first-order valence-electron chi connectivity index (χ1n) is 6.32. The third kappa shape index (κ3) is 4.53. The van der Waals surface area contributed by atoms with Gasteiger partial charge in [0.25, 0.3) is 0 Å². The average molecular weight is 255 g/mol. The summed E-state index contributed by atoms with van der Waals surface area (Å²) >= 11 is 0. The lowest BCUT2D eigenvalue weighted by Gasteiger charge is -2.15. The van der Waals surface area contributed by atoms with E-state index in [1.54, 1.807) is 7.11 Å². The molecule has 0 radical (unpaired) electrons. The van der Waals surface area contributed by atoms with Crippen LogP contribution in [0.5, 0.6) is 11.5 Å². The van der Waals surface area contributed by atoms with E-state index in [2.05, 4.69) is 6.92 Å². The van der Waals surface area contributed by atoms with Crippen molar-refractivity contribution in [1.29, 1.82) is 0 Å². The average Bonchev–Trinajstić information content (AvgIpc) is 2.40. The van der Waals surface area contributed by atoms with Crippen molar-refractivity contribution in [3.8, 4) is 11.5 Å². The Labute approximate surface area is 108 Å². The van der Waals surface area contributed by atoms with Crippen LogP contribution in [0.4, 0.5) is 4.39 Å². The summed E-state index contributed by atoms with van der Waals surface area (Å²) in [5, 5.41) is 0. The van der Waals surface area contributed by atoms with Gasteiger partial charge in [-0.05, 0) is 24.5 Å². The lowest BCUT2D eigenvalue weighted by Crippen LogP contribution is -2.21. The van der Waals surface area contributed by atoms with E-state index < -0.39 is 0 Å². The fraction of sp³-hybridized carbons (Fsp3) is 0.571. The molecular weight excluding hydrogens is 233 g/mol. The summed E-state index contributed by atoms with van der Waals surface area (Å²) in [6.45, 7) is 2.06. The van der Waals surface area contributed by atoms with Crippen LogP contribution in [-0.4, -0.2) is 26.4 Å². The van der Waals surface area contributed by atoms with Crippen molar-refractivity contribution in [3.63, 3.8) is 0 Å². The van der Waals surface area contributed by atoms with Gasteiger partial charge in [0.05, 0.1) is 20.4 Å². The Morgan fingerprint density at radius 3 is 2.78 bits per heavy atom. The van der Waals surface area contributed by atoms with E-state index in [0.717, 1.165) is 29.9 Å². The summed E-state index contributed by atoms with van der Waals surface area (Å²) < 4.78 is 22.8. The molecule has 102 valence electrons. The molecular formula is C14H22FNO2. The van der Waals surface area contributed by atoms with Gasteiger partial charge >= 0.3 is 0 Å². The van der Waals surface area contributed by atoms with Crippen molar-refractivity contribution in [1.82, 2.24) is 0 Å². The van der Waals surface area contributed by atoms with Crippen molar-refractivity contribution >= 4 is 0 Å². The van der Waals surface area contributed by atoms with Crippen LogP contribution in [0.15, 0.2) is 18.2 Å². The SMILES string of the molecule is CCC(N)Cc1ccc(OC)cc1OCCCF. The molecule has 1 aromatic rings. The molecule has 1 aromatic carbocycles. The minimum absolute atomic E-state index is 0.113. The normalized spacial score (nSPS) is 12.2. The van der Waals surface area contributed by atoms with Gasteiger partial charge in [0.2, 0.25) is 0 Å². The molecule has 1 unspecified atom stereocenters. The predicted octanol–water partition coefficient (Wildman–Crippen LogP) is 2.71. The zero-order valence-corrected chi connectivity index (χ0v) is 11.1. The topological polar surface area (TPSA) is 44.5 Å². The first kappa shape index (κ1) is 14.8. The molecule has 0 spiro atoms. The molecule has 0 saturated carbocycles. The van der Waals surface area contributed by atoms with Gasteiger partial charge in [-0.3, -0.25) is 4.39 Å². The number of alkyl halides is 1. The quantitative estimate of drug-likeness (QED) is 0.726. The summed E-state index contributed by atoms with van der Waals surface area (Å²) in [6.07, 6.45) is 2.07. The van der Waals surface area contributed by atoms with E-state index in [1.807, 2.05) is 18.2 Å². The highest BCUT2D eigenvalue weighted by molar-refractivity contribution is 5.41. The molecule has 4 heteroatoms. The van der Waals surface area contributed by atoms with Gasteiger partial charge in [0, 0.05) is 18.5 Å². The van der Waals surface area contributed by atoms with Crippen LogP contribution in [0, 0.1) is 0 Å². The maximum Gasteiger partial charge on any atom is 0.126 e. The molecule has 0 aliphatic heterocycles. The van der Waals surface area contributed by atoms with Gasteiger partial charge in [0.15, 0.2) is 0 Å². The fourth-order valence-electron chi connectivity index (χ4n) is 1.63. The fourth-order valence-corrected chi connectivity index (χ4v) is 1.63. The Hall–Kier alpha value is -1.29. The van der Waals surface area contributed by atoms with E-state index in [1.165, 1.54) is 0 Å². The number of halogens is 1. The van der Waals surface area contributed by atoms with Crippen molar-refractivity contribution in [2.45, 2.75) is 32.2 Å². The summed E-state index contributed by atoms with van der Waals surface area (Å²) in [5.41, 5.74) is 7.00. The Morgan fingerprint density at radius 2 is 2.17 bits per heavy atom. The van der Waals surface area contributed by atoms with Gasteiger partial charge in [-0.15, -0.1) is 0 Å². The van der Waals surface area contributed by atoms with E-state index in [9.17, 15) is 4.39 Å². The highest BCUT2D eigenvalue weighted by Crippen LogP contribution is 2.26. The van der Waals surface area contributed by atoms with Crippen molar-refractivity contribution in [3.05, 3.63) is 23.8 Å². The third-order valence-electron chi connectivity index (χ3n) is 2.82. The zero-order valence-electron chi connectivity index (χ0n) is 11.1. The number of benzene rings is 1. The lowest BCUT2D eigenvalue weighted by molar-refractivity contribution is 0.285. The number of hydrogen-bond acceptors (Lipinski definition) is 3. The zero-order chi connectivity index (χ0) is 13.4. The van der Waals surface area contributed by atoms with Crippen LogP contribution in [0.3, 0.4) is 0 Å². The summed E-state index contributed by atoms with van der Waals surface area (Å²) in [4.78, 5) is 0. The van der Waals surface area contributed by atoms with Gasteiger partial charge in [-0.1, -0.05) is 13.0 Å². The molecule has 0 saturated heterocycles. The van der Waals surface area contributed by atoms with Crippen LogP contribution >= 0.6 is 0 Å². The van der Waals surface area contributed by atoms with E-state index in [4.69, 9.17) is 15.2 Å². The number of hydrogen-bond donors (Lipinski definition) is 1. The first-order valence-corrected chi connectivity index (χ1v) is 6.32. The largest absolute Gasteiger partial charge is 0.497 e. The minimum Gasteiger partial charge on any atom is -0.497 e. The van der Waals surface area contributed by atoms with E-state index in [-0.39, 0.29) is 12.7 Å². The Bertz CT molecular complexity index is 358. The van der Waals surface area contributed by atoms with Gasteiger partial charge < -0.3 is 15.2 Å². The summed E-state index contributed by atoms with van der Waals surface area (Å²) in [5.74, 6) is 1.48. The molecule has 0 amide bonds. The molecule has 3 nitrogen and oxygen atoms in total. The Balaban J connectivity index is 2.79. The molecule has 0 aliphatic carbocycles. The monoisotopic (exact) mass is 255 g/mol. The second-order valence-corrected chi connectivity index (χ2v) is 4.24. The highest BCUT2D eigenvalue weighted by atomic mass is 19.1. The number of ether oxygens (including phenoxy) is 2. The summed E-state index contributed by atoms with van der Waals surface area (Å²) in [7, 11) is 1.61. The molecule has 0 bridgehead atoms. The van der Waals surface area contributed by atoms with Gasteiger partial charge in [-0.2, -0.15) is 0 Å². The smallest absolute Gasteiger partial charge is 0.126 e. The van der Waals surface area contributed by atoms with Crippen molar-refractivity contribution in [2.75, 3.05) is 20.4 Å². The lowest BCUT2D eigenvalue weighted by atomic mass is 10.0. The maximum absolute atomic E-state index is 12.1. The summed E-state index contributed by atoms with van der Waals surface area (Å²) in [6, 6.07) is 5.79. The van der Waals surface area contributed by atoms with Crippen LogP contribution in [0.1, 0.15) is 25.3 Å². The highest BCUT2D eigenvalue weighted by Gasteiger charge is 2.09. The van der Waals surface area contributed by atoms with Crippen LogP contribution in [-0.2, 0) is 6.42 Å². The van der Waals surface area contributed by atoms with Gasteiger partial charge in [0.1, 0.15) is 11.5 Å². The maximum atomic E-state index is 12.1. The Morgan fingerprint density at radius 1 is 1.39 bits per heavy atom. The molecule has 0 fully saturated rings. The standard InChI is InChI=1S/C14H22FNO2/c1-3-12(16)9-11-5-6-13(17-2)10-14(11)18-8-4-7-15/h5-6,10,12H,3-4,7-9,16H2,1-2H3. The first-order chi connectivity index (χ1) is 8.71. The second-order valence-electron chi connectivity index (χ2n) is 4.24. The minimum atomic E-state index is -0.367. The van der Waals surface area contributed by atoms with Crippen LogP contribution in [0.2, 0.25) is 0 Å². The van der Waals surface area contributed by atoms with Crippen molar-refractivity contribution in [2.24, 2.45) is 5.73 Å². The predicted molar refractivity (Wildman–Crippen MR) is 71.1 cm³/mol. The number of rotatable bonds is 8. The number of nitrogens with two attached hydrogens (primary N) is 1. The van der Waals surface area contributed by atoms with E-state index in [0.29, 0.717) is 13.0 Å². The van der Waals surface area contributed by atoms with Crippen LogP contribution < -0.4 is 15.2 Å². The molecule has 2 N–H and O–H groups in total.